The number of hydrogen-bond acceptors (Lipinski definition) is 3. The summed E-state index contributed by atoms with van der Waals surface area (Å²) in [6, 6.07) is 4.78. The molecule has 1 aliphatic rings. The molecule has 1 amide bonds. The summed E-state index contributed by atoms with van der Waals surface area (Å²) in [5.41, 5.74) is 0.391. The molecule has 5 heteroatoms. The minimum Gasteiger partial charge on any atom is -0.483 e. The fourth-order valence-electron chi connectivity index (χ4n) is 1.68. The van der Waals surface area contributed by atoms with Gasteiger partial charge in [-0.25, -0.2) is 0 Å². The van der Waals surface area contributed by atoms with Crippen LogP contribution in [0.25, 0.3) is 0 Å². The smallest absolute Gasteiger partial charge is 0.257 e. The summed E-state index contributed by atoms with van der Waals surface area (Å²) in [6.07, 6.45) is 2.37. The maximum atomic E-state index is 11.5. The lowest BCUT2D eigenvalue weighted by atomic mass is 10.1. The Balaban J connectivity index is 1.90. The van der Waals surface area contributed by atoms with Gasteiger partial charge in [-0.3, -0.25) is 9.59 Å². The highest BCUT2D eigenvalue weighted by Crippen LogP contribution is 2.27. The van der Waals surface area contributed by atoms with Crippen LogP contribution in [-0.4, -0.2) is 24.8 Å². The summed E-state index contributed by atoms with van der Waals surface area (Å²) in [5.74, 6) is 0.706. The lowest BCUT2D eigenvalue weighted by molar-refractivity contribution is -0.123. The Morgan fingerprint density at radius 1 is 1.42 bits per heavy atom. The second-order valence-electron chi connectivity index (χ2n) is 4.73. The van der Waals surface area contributed by atoms with Gasteiger partial charge in [0.15, 0.2) is 12.4 Å². The molecule has 0 heterocycles. The van der Waals surface area contributed by atoms with Gasteiger partial charge in [-0.05, 0) is 43.9 Å². The highest BCUT2D eigenvalue weighted by atomic mass is 35.5. The molecule has 1 saturated carbocycles. The normalized spacial score (nSPS) is 14.0. The van der Waals surface area contributed by atoms with Crippen molar-refractivity contribution in [2.24, 2.45) is 5.92 Å². The Bertz CT molecular complexity index is 497. The third-order valence-corrected chi connectivity index (χ3v) is 3.20. The number of carbonyl (C=O) groups excluding carboxylic acids is 2. The predicted octanol–water partition coefficient (Wildman–Crippen LogP) is 2.45. The maximum absolute atomic E-state index is 11.5. The number of ketones is 1. The van der Waals surface area contributed by atoms with Crippen LogP contribution in [0.1, 0.15) is 30.1 Å². The first kappa shape index (κ1) is 13.9. The summed E-state index contributed by atoms with van der Waals surface area (Å²) >= 11 is 5.83. The number of carbonyl (C=O) groups is 2. The molecule has 0 radical (unpaired) electrons. The topological polar surface area (TPSA) is 55.4 Å². The molecule has 0 spiro atoms. The third-order valence-electron chi connectivity index (χ3n) is 2.96. The highest BCUT2D eigenvalue weighted by Gasteiger charge is 2.21. The van der Waals surface area contributed by atoms with E-state index in [1.807, 2.05) is 0 Å². The first-order valence-corrected chi connectivity index (χ1v) is 6.64. The van der Waals surface area contributed by atoms with E-state index in [-0.39, 0.29) is 18.3 Å². The van der Waals surface area contributed by atoms with Gasteiger partial charge >= 0.3 is 0 Å². The van der Waals surface area contributed by atoms with Gasteiger partial charge in [-0.2, -0.15) is 0 Å². The van der Waals surface area contributed by atoms with E-state index in [1.165, 1.54) is 19.8 Å². The number of Topliss-reactive ketones (excluding diaryl/α,β-unsaturated/α-hetero) is 1. The Morgan fingerprint density at radius 2 is 2.16 bits per heavy atom. The summed E-state index contributed by atoms with van der Waals surface area (Å²) in [6.45, 7) is 2.06. The van der Waals surface area contributed by atoms with Crippen molar-refractivity contribution >= 4 is 23.3 Å². The van der Waals surface area contributed by atoms with Crippen molar-refractivity contribution in [3.63, 3.8) is 0 Å². The molecule has 0 saturated heterocycles. The maximum Gasteiger partial charge on any atom is 0.257 e. The van der Waals surface area contributed by atoms with Crippen molar-refractivity contribution in [2.75, 3.05) is 13.2 Å². The molecule has 19 heavy (non-hydrogen) atoms. The monoisotopic (exact) mass is 281 g/mol. The largest absolute Gasteiger partial charge is 0.483 e. The number of benzene rings is 1. The van der Waals surface area contributed by atoms with E-state index in [1.54, 1.807) is 18.2 Å². The molecular weight excluding hydrogens is 266 g/mol. The third kappa shape index (κ3) is 4.24. The summed E-state index contributed by atoms with van der Waals surface area (Å²) in [4.78, 5) is 23.0. The van der Waals surface area contributed by atoms with Crippen LogP contribution < -0.4 is 10.1 Å². The number of rotatable bonds is 6. The Hall–Kier alpha value is -1.55. The molecule has 2 rings (SSSR count). The minimum absolute atomic E-state index is 0.0887. The first-order chi connectivity index (χ1) is 9.06. The average molecular weight is 282 g/mol. The minimum atomic E-state index is -0.170. The number of halogens is 1. The number of nitrogens with one attached hydrogen (secondary N) is 1. The zero-order valence-electron chi connectivity index (χ0n) is 10.7. The van der Waals surface area contributed by atoms with Gasteiger partial charge < -0.3 is 10.1 Å². The van der Waals surface area contributed by atoms with Crippen molar-refractivity contribution in [1.29, 1.82) is 0 Å². The van der Waals surface area contributed by atoms with E-state index >= 15 is 0 Å². The highest BCUT2D eigenvalue weighted by molar-refractivity contribution is 6.31. The molecule has 1 aromatic rings. The average Bonchev–Trinajstić information content (AvgIpc) is 3.18. The van der Waals surface area contributed by atoms with Crippen molar-refractivity contribution in [1.82, 2.24) is 5.32 Å². The van der Waals surface area contributed by atoms with E-state index in [0.717, 1.165) is 0 Å². The second-order valence-corrected chi connectivity index (χ2v) is 5.17. The number of amides is 1. The Morgan fingerprint density at radius 3 is 2.79 bits per heavy atom. The molecule has 0 bridgehead atoms. The summed E-state index contributed by atoms with van der Waals surface area (Å²) < 4.78 is 5.38. The van der Waals surface area contributed by atoms with Crippen LogP contribution in [0.2, 0.25) is 5.02 Å². The quantitative estimate of drug-likeness (QED) is 0.815. The zero-order valence-corrected chi connectivity index (χ0v) is 11.5. The molecule has 0 aromatic heterocycles. The fourth-order valence-corrected chi connectivity index (χ4v) is 1.85. The van der Waals surface area contributed by atoms with Crippen LogP contribution in [0, 0.1) is 5.92 Å². The van der Waals surface area contributed by atoms with E-state index in [2.05, 4.69) is 5.32 Å². The van der Waals surface area contributed by atoms with Crippen molar-refractivity contribution in [3.8, 4) is 5.75 Å². The van der Waals surface area contributed by atoms with E-state index in [9.17, 15) is 9.59 Å². The fraction of sp³-hybridized carbons (Fsp3) is 0.429. The van der Waals surface area contributed by atoms with E-state index in [4.69, 9.17) is 16.3 Å². The van der Waals surface area contributed by atoms with E-state index in [0.29, 0.717) is 28.8 Å². The van der Waals surface area contributed by atoms with Gasteiger partial charge in [0.2, 0.25) is 0 Å². The van der Waals surface area contributed by atoms with Crippen LogP contribution in [0.15, 0.2) is 18.2 Å². The Kier molecular flexibility index (Phi) is 4.43. The predicted molar refractivity (Wildman–Crippen MR) is 72.7 cm³/mol. The van der Waals surface area contributed by atoms with E-state index < -0.39 is 0 Å². The molecule has 1 aromatic carbocycles. The van der Waals surface area contributed by atoms with Gasteiger partial charge in [0, 0.05) is 11.6 Å². The number of hydrogen-bond donors (Lipinski definition) is 1. The van der Waals surface area contributed by atoms with Gasteiger partial charge in [0.05, 0.1) is 5.56 Å². The van der Waals surface area contributed by atoms with Crippen LogP contribution in [0.5, 0.6) is 5.75 Å². The Labute approximate surface area is 117 Å². The summed E-state index contributed by atoms with van der Waals surface area (Å²) in [7, 11) is 0. The molecule has 1 fully saturated rings. The van der Waals surface area contributed by atoms with Crippen molar-refractivity contribution in [2.45, 2.75) is 19.8 Å². The van der Waals surface area contributed by atoms with Gasteiger partial charge in [0.1, 0.15) is 5.75 Å². The lowest BCUT2D eigenvalue weighted by Gasteiger charge is -2.10. The molecule has 1 aliphatic carbocycles. The molecule has 4 nitrogen and oxygen atoms in total. The van der Waals surface area contributed by atoms with Crippen LogP contribution in [0.4, 0.5) is 0 Å². The van der Waals surface area contributed by atoms with Gasteiger partial charge in [-0.1, -0.05) is 11.6 Å². The SMILES string of the molecule is CC(=O)c1cc(Cl)ccc1OCC(=O)NCC1CC1. The zero-order chi connectivity index (χ0) is 13.8. The first-order valence-electron chi connectivity index (χ1n) is 6.26. The molecular formula is C14H16ClNO3. The molecule has 0 atom stereocenters. The van der Waals surface area contributed by atoms with Crippen molar-refractivity contribution in [3.05, 3.63) is 28.8 Å². The number of ether oxygens (including phenoxy) is 1. The molecule has 0 unspecified atom stereocenters. The molecule has 0 aliphatic heterocycles. The van der Waals surface area contributed by atoms with Crippen LogP contribution in [0.3, 0.4) is 0 Å². The summed E-state index contributed by atoms with van der Waals surface area (Å²) in [5, 5.41) is 3.27. The molecule has 1 N–H and O–H groups in total. The van der Waals surface area contributed by atoms with Gasteiger partial charge in [0.25, 0.3) is 5.91 Å². The second kappa shape index (κ2) is 6.06. The van der Waals surface area contributed by atoms with Crippen molar-refractivity contribution < 1.29 is 14.3 Å². The standard InChI is InChI=1S/C14H16ClNO3/c1-9(17)12-6-11(15)4-5-13(12)19-8-14(18)16-7-10-2-3-10/h4-6,10H,2-3,7-8H2,1H3,(H,16,18). The molecule has 102 valence electrons. The van der Waals surface area contributed by atoms with Crippen LogP contribution >= 0.6 is 11.6 Å². The van der Waals surface area contributed by atoms with Gasteiger partial charge in [-0.15, -0.1) is 0 Å². The lowest BCUT2D eigenvalue weighted by Crippen LogP contribution is -2.30. The van der Waals surface area contributed by atoms with Crippen LogP contribution in [-0.2, 0) is 4.79 Å².